The van der Waals surface area contributed by atoms with Crippen molar-refractivity contribution in [2.75, 3.05) is 23.7 Å². The Balaban J connectivity index is 1.48. The summed E-state index contributed by atoms with van der Waals surface area (Å²) >= 11 is 0. The molecule has 0 radical (unpaired) electrons. The molecule has 5 heteroatoms. The Labute approximate surface area is 160 Å². The van der Waals surface area contributed by atoms with Gasteiger partial charge in [0.2, 0.25) is 5.91 Å². The highest BCUT2D eigenvalue weighted by atomic mass is 16.2. The van der Waals surface area contributed by atoms with E-state index in [1.807, 2.05) is 48.2 Å². The Bertz CT molecular complexity index is 793. The van der Waals surface area contributed by atoms with Gasteiger partial charge in [-0.2, -0.15) is 0 Å². The van der Waals surface area contributed by atoms with E-state index in [-0.39, 0.29) is 11.9 Å². The summed E-state index contributed by atoms with van der Waals surface area (Å²) in [6.07, 6.45) is 3.02. The smallest absolute Gasteiger partial charge is 0.321 e. The standard InChI is InChI=1S/C22H27N3O2/c1-16-5-3-4-6-21(16)24-22(27)25-13-11-19(12-14-25)15-18-7-9-20(10-8-18)23-17(2)26/h3-10,19H,11-15H2,1-2H3,(H,23,26)(H,24,27). The average Bonchev–Trinajstić information content (AvgIpc) is 2.65. The van der Waals surface area contributed by atoms with Crippen molar-refractivity contribution in [1.29, 1.82) is 0 Å². The van der Waals surface area contributed by atoms with E-state index in [0.717, 1.165) is 49.3 Å². The van der Waals surface area contributed by atoms with Gasteiger partial charge in [-0.1, -0.05) is 30.3 Å². The molecule has 1 saturated heterocycles. The number of carbonyl (C=O) groups excluding carboxylic acids is 2. The summed E-state index contributed by atoms with van der Waals surface area (Å²) in [6.45, 7) is 5.08. The Morgan fingerprint density at radius 3 is 2.30 bits per heavy atom. The molecule has 1 fully saturated rings. The minimum atomic E-state index is -0.0564. The molecule has 3 rings (SSSR count). The van der Waals surface area contributed by atoms with Crippen LogP contribution in [0.2, 0.25) is 0 Å². The fourth-order valence-electron chi connectivity index (χ4n) is 3.51. The maximum Gasteiger partial charge on any atom is 0.321 e. The highest BCUT2D eigenvalue weighted by molar-refractivity contribution is 5.90. The van der Waals surface area contributed by atoms with Crippen LogP contribution in [0.1, 0.15) is 30.9 Å². The third kappa shape index (κ3) is 5.33. The van der Waals surface area contributed by atoms with Crippen LogP contribution in [0, 0.1) is 12.8 Å². The molecule has 27 heavy (non-hydrogen) atoms. The molecule has 0 aromatic heterocycles. The molecule has 0 unspecified atom stereocenters. The van der Waals surface area contributed by atoms with E-state index in [9.17, 15) is 9.59 Å². The quantitative estimate of drug-likeness (QED) is 0.841. The molecule has 2 aromatic rings. The molecule has 0 atom stereocenters. The van der Waals surface area contributed by atoms with Crippen molar-refractivity contribution in [2.24, 2.45) is 5.92 Å². The van der Waals surface area contributed by atoms with Gasteiger partial charge in [-0.3, -0.25) is 4.79 Å². The van der Waals surface area contributed by atoms with Gasteiger partial charge in [0.15, 0.2) is 0 Å². The molecule has 0 aliphatic carbocycles. The Morgan fingerprint density at radius 2 is 1.67 bits per heavy atom. The highest BCUT2D eigenvalue weighted by Crippen LogP contribution is 2.23. The number of nitrogens with zero attached hydrogens (tertiary/aromatic N) is 1. The van der Waals surface area contributed by atoms with Crippen molar-refractivity contribution >= 4 is 23.3 Å². The second kappa shape index (κ2) is 8.71. The first-order valence-electron chi connectivity index (χ1n) is 9.49. The number of nitrogens with one attached hydrogen (secondary N) is 2. The molecule has 0 spiro atoms. The Morgan fingerprint density at radius 1 is 1.00 bits per heavy atom. The fourth-order valence-corrected chi connectivity index (χ4v) is 3.51. The topological polar surface area (TPSA) is 61.4 Å². The molecule has 142 valence electrons. The first-order valence-corrected chi connectivity index (χ1v) is 9.49. The number of benzene rings is 2. The zero-order valence-corrected chi connectivity index (χ0v) is 16.0. The van der Waals surface area contributed by atoms with E-state index >= 15 is 0 Å². The number of hydrogen-bond acceptors (Lipinski definition) is 2. The number of amides is 3. The summed E-state index contributed by atoms with van der Waals surface area (Å²) in [5, 5.41) is 5.81. The van der Waals surface area contributed by atoms with Crippen molar-refractivity contribution in [3.05, 3.63) is 59.7 Å². The third-order valence-corrected chi connectivity index (χ3v) is 5.09. The lowest BCUT2D eigenvalue weighted by Crippen LogP contribution is -2.41. The van der Waals surface area contributed by atoms with E-state index in [1.165, 1.54) is 12.5 Å². The van der Waals surface area contributed by atoms with Crippen molar-refractivity contribution in [1.82, 2.24) is 4.90 Å². The van der Waals surface area contributed by atoms with Crippen LogP contribution in [-0.2, 0) is 11.2 Å². The van der Waals surface area contributed by atoms with E-state index in [4.69, 9.17) is 0 Å². The molecular formula is C22H27N3O2. The predicted molar refractivity (Wildman–Crippen MR) is 109 cm³/mol. The Hall–Kier alpha value is -2.82. The van der Waals surface area contributed by atoms with Gasteiger partial charge in [-0.25, -0.2) is 4.79 Å². The summed E-state index contributed by atoms with van der Waals surface area (Å²) in [7, 11) is 0. The molecule has 5 nitrogen and oxygen atoms in total. The lowest BCUT2D eigenvalue weighted by atomic mass is 9.90. The predicted octanol–water partition coefficient (Wildman–Crippen LogP) is 4.44. The zero-order valence-electron chi connectivity index (χ0n) is 16.0. The van der Waals surface area contributed by atoms with Crippen LogP contribution in [-0.4, -0.2) is 29.9 Å². The summed E-state index contributed by atoms with van der Waals surface area (Å²) in [5.41, 5.74) is 4.05. The minimum absolute atomic E-state index is 0.0117. The summed E-state index contributed by atoms with van der Waals surface area (Å²) < 4.78 is 0. The lowest BCUT2D eigenvalue weighted by Gasteiger charge is -2.32. The number of hydrogen-bond donors (Lipinski definition) is 2. The maximum atomic E-state index is 12.5. The number of likely N-dealkylation sites (tertiary alicyclic amines) is 1. The molecule has 3 amide bonds. The molecule has 0 bridgehead atoms. The molecule has 2 N–H and O–H groups in total. The largest absolute Gasteiger partial charge is 0.326 e. The van der Waals surface area contributed by atoms with Gasteiger partial charge in [0.25, 0.3) is 0 Å². The normalized spacial score (nSPS) is 14.7. The van der Waals surface area contributed by atoms with Crippen LogP contribution in [0.3, 0.4) is 0 Å². The third-order valence-electron chi connectivity index (χ3n) is 5.09. The number of para-hydroxylation sites is 1. The molecule has 2 aromatic carbocycles. The van der Waals surface area contributed by atoms with Gasteiger partial charge in [0.05, 0.1) is 0 Å². The van der Waals surface area contributed by atoms with Gasteiger partial charge >= 0.3 is 6.03 Å². The second-order valence-corrected chi connectivity index (χ2v) is 7.26. The number of aryl methyl sites for hydroxylation is 1. The summed E-state index contributed by atoms with van der Waals surface area (Å²) in [4.78, 5) is 25.5. The van der Waals surface area contributed by atoms with Gasteiger partial charge in [-0.15, -0.1) is 0 Å². The molecule has 0 saturated carbocycles. The molecule has 1 aliphatic rings. The van der Waals surface area contributed by atoms with E-state index < -0.39 is 0 Å². The summed E-state index contributed by atoms with van der Waals surface area (Å²) in [5.74, 6) is 0.526. The molecular weight excluding hydrogens is 338 g/mol. The van der Waals surface area contributed by atoms with Crippen LogP contribution >= 0.6 is 0 Å². The zero-order chi connectivity index (χ0) is 19.2. The van der Waals surface area contributed by atoms with Crippen molar-refractivity contribution in [3.63, 3.8) is 0 Å². The van der Waals surface area contributed by atoms with Crippen molar-refractivity contribution < 1.29 is 9.59 Å². The number of carbonyl (C=O) groups is 2. The first-order chi connectivity index (χ1) is 13.0. The van der Waals surface area contributed by atoms with E-state index in [0.29, 0.717) is 5.92 Å². The SMILES string of the molecule is CC(=O)Nc1ccc(CC2CCN(C(=O)Nc3ccccc3C)CC2)cc1. The van der Waals surface area contributed by atoms with Gasteiger partial charge < -0.3 is 15.5 Å². The number of anilines is 2. The molecule has 1 heterocycles. The monoisotopic (exact) mass is 365 g/mol. The van der Waals surface area contributed by atoms with Crippen LogP contribution in [0.5, 0.6) is 0 Å². The van der Waals surface area contributed by atoms with Crippen LogP contribution < -0.4 is 10.6 Å². The van der Waals surface area contributed by atoms with Crippen LogP contribution in [0.15, 0.2) is 48.5 Å². The maximum absolute atomic E-state index is 12.5. The Kier molecular flexibility index (Phi) is 6.12. The van der Waals surface area contributed by atoms with Gasteiger partial charge in [0, 0.05) is 31.4 Å². The molecule has 1 aliphatic heterocycles. The van der Waals surface area contributed by atoms with Crippen molar-refractivity contribution in [3.8, 4) is 0 Å². The van der Waals surface area contributed by atoms with E-state index in [2.05, 4.69) is 22.8 Å². The second-order valence-electron chi connectivity index (χ2n) is 7.26. The van der Waals surface area contributed by atoms with Gasteiger partial charge in [0.1, 0.15) is 0 Å². The number of urea groups is 1. The van der Waals surface area contributed by atoms with Crippen LogP contribution in [0.25, 0.3) is 0 Å². The lowest BCUT2D eigenvalue weighted by molar-refractivity contribution is -0.114. The number of rotatable bonds is 4. The van der Waals surface area contributed by atoms with E-state index in [1.54, 1.807) is 0 Å². The van der Waals surface area contributed by atoms with Gasteiger partial charge in [-0.05, 0) is 61.4 Å². The van der Waals surface area contributed by atoms with Crippen LogP contribution in [0.4, 0.5) is 16.2 Å². The first kappa shape index (κ1) is 19.0. The summed E-state index contributed by atoms with van der Waals surface area (Å²) in [6, 6.07) is 15.9. The minimum Gasteiger partial charge on any atom is -0.326 e. The average molecular weight is 365 g/mol. The highest BCUT2D eigenvalue weighted by Gasteiger charge is 2.23. The van der Waals surface area contributed by atoms with Crippen molar-refractivity contribution in [2.45, 2.75) is 33.1 Å². The fraction of sp³-hybridized carbons (Fsp3) is 0.364. The number of piperidine rings is 1.